The van der Waals surface area contributed by atoms with E-state index in [1.165, 1.54) is 0 Å². The molecule has 0 spiro atoms. The first-order valence-electron chi connectivity index (χ1n) is 1.01. The molecule has 0 aliphatic rings. The summed E-state index contributed by atoms with van der Waals surface area (Å²) in [4.78, 5) is 0. The SMILES string of the molecule is [Cu].[F][Sb-]([F])([F])([F])([F])[F].[H+]. The molecule has 0 heterocycles. The minimum absolute atomic E-state index is 0. The summed E-state index contributed by atoms with van der Waals surface area (Å²) >= 11 is -11.2. The van der Waals surface area contributed by atoms with Crippen molar-refractivity contribution < 1.29 is 35.4 Å². The first kappa shape index (κ1) is 11.7. The molecule has 0 rings (SSSR count). The smallest absolute Gasteiger partial charge is 1.00 e. The molecule has 0 saturated carbocycles. The molecule has 0 aromatic rings. The third-order valence-corrected chi connectivity index (χ3v) is 0. The van der Waals surface area contributed by atoms with Gasteiger partial charge < -0.3 is 0 Å². The maximum absolute atomic E-state index is 11.2. The van der Waals surface area contributed by atoms with Crippen LogP contribution in [0.25, 0.3) is 0 Å². The van der Waals surface area contributed by atoms with E-state index in [4.69, 9.17) is 0 Å². The van der Waals surface area contributed by atoms with E-state index in [2.05, 4.69) is 0 Å². The van der Waals surface area contributed by atoms with Crippen LogP contribution in [0.4, 0.5) is 16.9 Å². The second-order valence-electron chi connectivity index (χ2n) is 0.958. The van der Waals surface area contributed by atoms with E-state index >= 15 is 0 Å². The van der Waals surface area contributed by atoms with Gasteiger partial charge in [0, 0.05) is 17.1 Å². The molecule has 0 aromatic carbocycles. The van der Waals surface area contributed by atoms with E-state index in [0.29, 0.717) is 0 Å². The van der Waals surface area contributed by atoms with Crippen LogP contribution in [0.3, 0.4) is 0 Å². The van der Waals surface area contributed by atoms with Crippen molar-refractivity contribution in [2.45, 2.75) is 0 Å². The molecule has 59 valence electrons. The van der Waals surface area contributed by atoms with Gasteiger partial charge in [0.1, 0.15) is 0 Å². The Morgan fingerprint density at radius 2 is 0.750 bits per heavy atom. The molecular formula is HCuF6Sb. The van der Waals surface area contributed by atoms with Gasteiger partial charge in [-0.2, -0.15) is 0 Å². The van der Waals surface area contributed by atoms with Crippen molar-refractivity contribution in [3.05, 3.63) is 0 Å². The molecule has 0 nitrogen and oxygen atoms in total. The van der Waals surface area contributed by atoms with Crippen LogP contribution in [0.15, 0.2) is 0 Å². The zero-order valence-corrected chi connectivity index (χ0v) is 6.51. The minimum atomic E-state index is -11.2. The van der Waals surface area contributed by atoms with Crippen LogP contribution in [-0.2, 0) is 17.1 Å². The van der Waals surface area contributed by atoms with Crippen molar-refractivity contribution in [3.8, 4) is 0 Å². The van der Waals surface area contributed by atoms with E-state index in [0.717, 1.165) is 0 Å². The summed E-state index contributed by atoms with van der Waals surface area (Å²) in [7, 11) is 0. The molecule has 0 amide bonds. The van der Waals surface area contributed by atoms with Crippen LogP contribution in [-0.4, -0.2) is 19.5 Å². The van der Waals surface area contributed by atoms with E-state index < -0.39 is 19.5 Å². The van der Waals surface area contributed by atoms with Gasteiger partial charge in [-0.1, -0.05) is 0 Å². The van der Waals surface area contributed by atoms with Crippen LogP contribution < -0.4 is 0 Å². The van der Waals surface area contributed by atoms with Crippen molar-refractivity contribution in [1.82, 2.24) is 0 Å². The van der Waals surface area contributed by atoms with Gasteiger partial charge in [0.05, 0.1) is 0 Å². The van der Waals surface area contributed by atoms with Crippen molar-refractivity contribution in [1.29, 1.82) is 0 Å². The summed E-state index contributed by atoms with van der Waals surface area (Å²) in [5, 5.41) is 0. The van der Waals surface area contributed by atoms with E-state index in [9.17, 15) is 16.9 Å². The summed E-state index contributed by atoms with van der Waals surface area (Å²) in [6.07, 6.45) is 0. The first-order valence-corrected chi connectivity index (χ1v) is 6.80. The predicted octanol–water partition coefficient (Wildman–Crippen LogP) is 2.25. The first-order chi connectivity index (χ1) is 2.45. The number of hydrogen-bond acceptors (Lipinski definition) is 0. The maximum atomic E-state index is 9.93. The zero-order valence-electron chi connectivity index (χ0n) is 4.02. The third kappa shape index (κ3) is 288. The summed E-state index contributed by atoms with van der Waals surface area (Å²) < 4.78 is 59.6. The molecule has 0 saturated heterocycles. The maximum Gasteiger partial charge on any atom is 1.00 e. The molecule has 0 bridgehead atoms. The van der Waals surface area contributed by atoms with Crippen molar-refractivity contribution in [3.63, 3.8) is 0 Å². The van der Waals surface area contributed by atoms with Gasteiger partial charge >= 0.3 is 37.8 Å². The summed E-state index contributed by atoms with van der Waals surface area (Å²) in [6.45, 7) is 0. The Morgan fingerprint density at radius 3 is 0.750 bits per heavy atom. The molecule has 1 radical (unpaired) electrons. The van der Waals surface area contributed by atoms with Crippen LogP contribution in [0.2, 0.25) is 0 Å². The zero-order chi connectivity index (χ0) is 6.41. The van der Waals surface area contributed by atoms with Gasteiger partial charge in [-0.3, -0.25) is 0 Å². The Balaban J connectivity index is -0.000000180. The molecule has 0 aliphatic heterocycles. The second kappa shape index (κ2) is 1.50. The van der Waals surface area contributed by atoms with Gasteiger partial charge in [0.15, 0.2) is 0 Å². The summed E-state index contributed by atoms with van der Waals surface area (Å²) in [5.74, 6) is 0. The predicted molar refractivity (Wildman–Crippen MR) is 13.5 cm³/mol. The standard InChI is InChI=1S/Cu.6FH.Sb/h;6*1H;/q;;;;;;;+5/p-5. The average Bonchev–Trinajstić information content (AvgIpc) is 0.592. The summed E-state index contributed by atoms with van der Waals surface area (Å²) in [5.41, 5.74) is 0. The normalized spacial score (nSPS) is 20.2. The summed E-state index contributed by atoms with van der Waals surface area (Å²) in [6, 6.07) is 0. The van der Waals surface area contributed by atoms with Gasteiger partial charge in [-0.25, -0.2) is 0 Å². The van der Waals surface area contributed by atoms with Gasteiger partial charge in [0.2, 0.25) is 0 Å². The van der Waals surface area contributed by atoms with E-state index in [-0.39, 0.29) is 18.5 Å². The Kier molecular flexibility index (Phi) is 2.18. The van der Waals surface area contributed by atoms with Gasteiger partial charge in [0.25, 0.3) is 0 Å². The Labute approximate surface area is 55.1 Å². The topological polar surface area (TPSA) is 0 Å². The van der Waals surface area contributed by atoms with Crippen molar-refractivity contribution in [2.24, 2.45) is 0 Å². The third-order valence-electron chi connectivity index (χ3n) is 0. The molecule has 0 N–H and O–H groups in total. The Bertz CT molecular complexity index is 71.6. The Hall–Kier alpha value is 0.918. The molecule has 8 heavy (non-hydrogen) atoms. The van der Waals surface area contributed by atoms with Crippen LogP contribution in [0, 0.1) is 0 Å². The average molecular weight is 300 g/mol. The monoisotopic (exact) mass is 299 g/mol. The fraction of sp³-hybridized carbons (Fsp3) is 0. The fourth-order valence-corrected chi connectivity index (χ4v) is 0. The van der Waals surface area contributed by atoms with Gasteiger partial charge in [-0.15, -0.1) is 0 Å². The molecule has 8 heteroatoms. The molecule has 0 fully saturated rings. The van der Waals surface area contributed by atoms with E-state index in [1.54, 1.807) is 0 Å². The number of hydrogen-bond donors (Lipinski definition) is 0. The van der Waals surface area contributed by atoms with Crippen molar-refractivity contribution >= 4 is 19.5 Å². The molecule has 0 aromatic heterocycles. The quantitative estimate of drug-likeness (QED) is 0.475. The molecule has 0 unspecified atom stereocenters. The van der Waals surface area contributed by atoms with Gasteiger partial charge in [-0.05, 0) is 0 Å². The molecular weight excluding hydrogens is 299 g/mol. The van der Waals surface area contributed by atoms with Crippen LogP contribution in [0.1, 0.15) is 1.43 Å². The number of rotatable bonds is 0. The fourth-order valence-electron chi connectivity index (χ4n) is 0. The largest absolute Gasteiger partial charge is 1.00 e. The van der Waals surface area contributed by atoms with E-state index in [1.807, 2.05) is 0 Å². The van der Waals surface area contributed by atoms with Crippen LogP contribution >= 0.6 is 0 Å². The van der Waals surface area contributed by atoms with Crippen molar-refractivity contribution in [2.75, 3.05) is 0 Å². The minimum Gasteiger partial charge on any atom is 1.00 e. The second-order valence-corrected chi connectivity index (χ2v) is 6.43. The molecule has 0 aliphatic carbocycles. The Morgan fingerprint density at radius 1 is 0.750 bits per heavy atom. The number of halogens is 6. The van der Waals surface area contributed by atoms with Crippen LogP contribution in [0.5, 0.6) is 0 Å². The molecule has 0 atom stereocenters.